The first-order valence-corrected chi connectivity index (χ1v) is 12.9. The van der Waals surface area contributed by atoms with Crippen LogP contribution in [0.4, 0.5) is 9.18 Å². The second-order valence-corrected chi connectivity index (χ2v) is 10.2. The van der Waals surface area contributed by atoms with Crippen LogP contribution in [0, 0.1) is 12.7 Å². The molecule has 0 fully saturated rings. The Morgan fingerprint density at radius 1 is 1.22 bits per heavy atom. The lowest BCUT2D eigenvalue weighted by Gasteiger charge is -2.27. The van der Waals surface area contributed by atoms with Crippen molar-refractivity contribution in [2.75, 3.05) is 13.1 Å². The number of fused-ring (bicyclic) bond motifs is 3. The SMILES string of the molecule is Cc1ccc(/C=C/CN2CCc3c(c4cc(Br)c(F)cc4n3C(=O)NCc3ccnc(Cl)c3)C2)cc1. The van der Waals surface area contributed by atoms with Crippen molar-refractivity contribution in [2.24, 2.45) is 0 Å². The van der Waals surface area contributed by atoms with E-state index in [1.54, 1.807) is 29.0 Å². The molecule has 1 N–H and O–H groups in total. The zero-order valence-electron chi connectivity index (χ0n) is 19.8. The van der Waals surface area contributed by atoms with Gasteiger partial charge in [0.2, 0.25) is 0 Å². The zero-order chi connectivity index (χ0) is 25.2. The predicted octanol–water partition coefficient (Wildman–Crippen LogP) is 6.73. The number of nitrogens with zero attached hydrogens (tertiary/aromatic N) is 3. The van der Waals surface area contributed by atoms with Crippen LogP contribution in [0.2, 0.25) is 5.15 Å². The lowest BCUT2D eigenvalue weighted by molar-refractivity contribution is 0.240. The fourth-order valence-corrected chi connectivity index (χ4v) is 5.16. The van der Waals surface area contributed by atoms with Gasteiger partial charge in [-0.25, -0.2) is 14.2 Å². The van der Waals surface area contributed by atoms with Gasteiger partial charge in [0.15, 0.2) is 0 Å². The Labute approximate surface area is 222 Å². The van der Waals surface area contributed by atoms with Crippen molar-refractivity contribution in [1.29, 1.82) is 0 Å². The van der Waals surface area contributed by atoms with Crippen molar-refractivity contribution in [1.82, 2.24) is 19.8 Å². The summed E-state index contributed by atoms with van der Waals surface area (Å²) in [5.74, 6) is -0.398. The van der Waals surface area contributed by atoms with Crippen molar-refractivity contribution in [2.45, 2.75) is 26.4 Å². The second-order valence-electron chi connectivity index (χ2n) is 8.99. The van der Waals surface area contributed by atoms with Gasteiger partial charge in [0.25, 0.3) is 0 Å². The van der Waals surface area contributed by atoms with Crippen LogP contribution in [-0.2, 0) is 19.5 Å². The summed E-state index contributed by atoms with van der Waals surface area (Å²) in [5.41, 5.74) is 5.80. The molecule has 5 nitrogen and oxygen atoms in total. The first kappa shape index (κ1) is 24.7. The number of hydrogen-bond donors (Lipinski definition) is 1. The van der Waals surface area contributed by atoms with E-state index in [1.165, 1.54) is 17.2 Å². The van der Waals surface area contributed by atoms with Crippen LogP contribution in [0.3, 0.4) is 0 Å². The van der Waals surface area contributed by atoms with Crippen LogP contribution >= 0.6 is 27.5 Å². The van der Waals surface area contributed by atoms with E-state index >= 15 is 0 Å². The fraction of sp³-hybridized carbons (Fsp3) is 0.214. The molecule has 2 aromatic heterocycles. The van der Waals surface area contributed by atoms with E-state index in [9.17, 15) is 9.18 Å². The van der Waals surface area contributed by atoms with E-state index in [1.807, 2.05) is 0 Å². The topological polar surface area (TPSA) is 50.2 Å². The normalized spacial score (nSPS) is 13.9. The molecule has 0 unspecified atom stereocenters. The Morgan fingerprint density at radius 2 is 2.03 bits per heavy atom. The molecule has 0 saturated heterocycles. The number of carbonyl (C=O) groups excluding carboxylic acids is 1. The number of rotatable bonds is 5. The monoisotopic (exact) mass is 566 g/mol. The minimum absolute atomic E-state index is 0.288. The molecular weight excluding hydrogens is 543 g/mol. The molecule has 5 rings (SSSR count). The van der Waals surface area contributed by atoms with Gasteiger partial charge >= 0.3 is 6.03 Å². The minimum atomic E-state index is -0.398. The first-order valence-electron chi connectivity index (χ1n) is 11.7. The van der Waals surface area contributed by atoms with Crippen LogP contribution in [0.25, 0.3) is 17.0 Å². The second kappa shape index (κ2) is 10.5. The highest BCUT2D eigenvalue weighted by Crippen LogP contribution is 2.34. The predicted molar refractivity (Wildman–Crippen MR) is 146 cm³/mol. The van der Waals surface area contributed by atoms with E-state index in [4.69, 9.17) is 11.6 Å². The van der Waals surface area contributed by atoms with Gasteiger partial charge in [-0.05, 0) is 63.8 Å². The van der Waals surface area contributed by atoms with E-state index in [-0.39, 0.29) is 6.03 Å². The third kappa shape index (κ3) is 5.24. The lowest BCUT2D eigenvalue weighted by atomic mass is 10.0. The largest absolute Gasteiger partial charge is 0.333 e. The van der Waals surface area contributed by atoms with Crippen molar-refractivity contribution >= 4 is 50.5 Å². The quantitative estimate of drug-likeness (QED) is 0.272. The Bertz CT molecular complexity index is 1460. The molecule has 2 aromatic carbocycles. The van der Waals surface area contributed by atoms with Crippen LogP contribution in [0.5, 0.6) is 0 Å². The fourth-order valence-electron chi connectivity index (χ4n) is 4.62. The number of benzene rings is 2. The number of aryl methyl sites for hydroxylation is 1. The molecule has 0 radical (unpaired) electrons. The van der Waals surface area contributed by atoms with Gasteiger partial charge in [0, 0.05) is 49.9 Å². The van der Waals surface area contributed by atoms with Gasteiger partial charge < -0.3 is 5.32 Å². The number of hydrogen-bond acceptors (Lipinski definition) is 3. The van der Waals surface area contributed by atoms with E-state index < -0.39 is 5.82 Å². The molecule has 0 bridgehead atoms. The van der Waals surface area contributed by atoms with Crippen molar-refractivity contribution < 1.29 is 9.18 Å². The highest BCUT2D eigenvalue weighted by atomic mass is 79.9. The molecular formula is C28H25BrClFN4O. The summed E-state index contributed by atoms with van der Waals surface area (Å²) >= 11 is 9.29. The van der Waals surface area contributed by atoms with Gasteiger partial charge in [-0.1, -0.05) is 53.6 Å². The molecule has 36 heavy (non-hydrogen) atoms. The Balaban J connectivity index is 1.40. The van der Waals surface area contributed by atoms with Crippen molar-refractivity contribution in [3.63, 3.8) is 0 Å². The van der Waals surface area contributed by atoms with Crippen LogP contribution < -0.4 is 5.32 Å². The summed E-state index contributed by atoms with van der Waals surface area (Å²) in [7, 11) is 0. The van der Waals surface area contributed by atoms with Gasteiger partial charge in [-0.15, -0.1) is 0 Å². The summed E-state index contributed by atoms with van der Waals surface area (Å²) < 4.78 is 16.6. The first-order chi connectivity index (χ1) is 17.4. The molecule has 0 aliphatic carbocycles. The van der Waals surface area contributed by atoms with Gasteiger partial charge in [0.1, 0.15) is 11.0 Å². The molecule has 4 aromatic rings. The molecule has 1 aliphatic rings. The highest BCUT2D eigenvalue weighted by Gasteiger charge is 2.27. The highest BCUT2D eigenvalue weighted by molar-refractivity contribution is 9.10. The zero-order valence-corrected chi connectivity index (χ0v) is 22.1. The molecule has 184 valence electrons. The van der Waals surface area contributed by atoms with Crippen molar-refractivity contribution in [3.05, 3.63) is 104 Å². The molecule has 0 saturated carbocycles. The summed E-state index contributed by atoms with van der Waals surface area (Å²) in [5, 5.41) is 4.20. The number of carbonyl (C=O) groups is 1. The standard InChI is InChI=1S/C28H25BrClFN4O/c1-18-4-6-19(7-5-18)3-2-11-34-12-9-25-22(17-34)21-14-23(29)24(31)15-26(21)35(25)28(36)33-16-20-8-10-32-27(30)13-20/h2-8,10,13-15H,9,11-12,16-17H2,1H3,(H,33,36)/b3-2+. The van der Waals surface area contributed by atoms with E-state index in [0.29, 0.717) is 34.7 Å². The molecule has 3 heterocycles. The van der Waals surface area contributed by atoms with Gasteiger partial charge in [-0.2, -0.15) is 0 Å². The molecule has 0 spiro atoms. The maximum absolute atomic E-state index is 14.5. The van der Waals surface area contributed by atoms with Gasteiger partial charge in [0.05, 0.1) is 9.99 Å². The summed E-state index contributed by atoms with van der Waals surface area (Å²) in [6, 6.07) is 14.9. The summed E-state index contributed by atoms with van der Waals surface area (Å²) in [6.07, 6.45) is 6.58. The number of pyridine rings is 1. The maximum Gasteiger partial charge on any atom is 0.326 e. The smallest absolute Gasteiger partial charge is 0.326 e. The van der Waals surface area contributed by atoms with Gasteiger partial charge in [-0.3, -0.25) is 9.47 Å². The Morgan fingerprint density at radius 3 is 2.81 bits per heavy atom. The summed E-state index contributed by atoms with van der Waals surface area (Å²) in [6.45, 7) is 4.65. The number of amides is 1. The molecule has 0 atom stereocenters. The Hall–Kier alpha value is -3.00. The third-order valence-electron chi connectivity index (χ3n) is 6.46. The van der Waals surface area contributed by atoms with E-state index in [0.717, 1.165) is 35.3 Å². The molecule has 8 heteroatoms. The number of halogens is 3. The maximum atomic E-state index is 14.5. The average Bonchev–Trinajstić information content (AvgIpc) is 3.16. The minimum Gasteiger partial charge on any atom is -0.333 e. The summed E-state index contributed by atoms with van der Waals surface area (Å²) in [4.78, 5) is 19.6. The Kier molecular flexibility index (Phi) is 7.23. The van der Waals surface area contributed by atoms with Crippen LogP contribution in [-0.4, -0.2) is 33.6 Å². The average molecular weight is 568 g/mol. The number of nitrogens with one attached hydrogen (secondary N) is 1. The molecule has 1 aliphatic heterocycles. The molecule has 1 amide bonds. The van der Waals surface area contributed by atoms with E-state index in [2.05, 4.69) is 74.5 Å². The van der Waals surface area contributed by atoms with Crippen molar-refractivity contribution in [3.8, 4) is 0 Å². The third-order valence-corrected chi connectivity index (χ3v) is 7.27. The number of aromatic nitrogens is 2. The van der Waals surface area contributed by atoms with Crippen LogP contribution in [0.1, 0.15) is 27.9 Å². The lowest BCUT2D eigenvalue weighted by Crippen LogP contribution is -2.34. The van der Waals surface area contributed by atoms with Crippen LogP contribution in [0.15, 0.2) is 65.3 Å².